The first-order chi connectivity index (χ1) is 15.5. The number of hydrogen-bond donors (Lipinski definition) is 1. The van der Waals surface area contributed by atoms with Crippen LogP contribution in [0.1, 0.15) is 17.0 Å². The molecule has 4 rings (SSSR count). The van der Waals surface area contributed by atoms with Crippen LogP contribution in [-0.4, -0.2) is 17.1 Å². The predicted molar refractivity (Wildman–Crippen MR) is 134 cm³/mol. The second kappa shape index (κ2) is 9.78. The fourth-order valence-corrected chi connectivity index (χ4v) is 4.35. The summed E-state index contributed by atoms with van der Waals surface area (Å²) in [6.45, 7) is 0.382. The Hall–Kier alpha value is -2.79. The van der Waals surface area contributed by atoms with E-state index in [9.17, 15) is 5.26 Å². The van der Waals surface area contributed by atoms with E-state index in [-0.39, 0.29) is 0 Å². The fourth-order valence-electron chi connectivity index (χ4n) is 3.10. The summed E-state index contributed by atoms with van der Waals surface area (Å²) in [4.78, 5) is 7.68. The molecule has 1 heterocycles. The van der Waals surface area contributed by atoms with Gasteiger partial charge in [-0.1, -0.05) is 39.7 Å². The average Bonchev–Trinajstić information content (AvgIpc) is 3.21. The van der Waals surface area contributed by atoms with Crippen LogP contribution in [0.3, 0.4) is 0 Å². The Morgan fingerprint density at radius 1 is 1.16 bits per heavy atom. The van der Waals surface area contributed by atoms with Gasteiger partial charge in [-0.2, -0.15) is 5.26 Å². The molecule has 0 spiro atoms. The van der Waals surface area contributed by atoms with Crippen molar-refractivity contribution in [3.63, 3.8) is 0 Å². The molecular weight excluding hydrogens is 558 g/mol. The molecular formula is C24H16Br2ClN3O2. The molecule has 0 atom stereocenters. The van der Waals surface area contributed by atoms with Gasteiger partial charge in [-0.05, 0) is 69.5 Å². The van der Waals surface area contributed by atoms with Crippen molar-refractivity contribution >= 4 is 66.1 Å². The fraction of sp³-hybridized carbons (Fsp3) is 0.0833. The van der Waals surface area contributed by atoms with Crippen molar-refractivity contribution in [1.29, 1.82) is 5.26 Å². The molecule has 1 N–H and O–H groups in total. The number of halogens is 3. The number of imidazole rings is 1. The molecule has 4 aromatic rings. The van der Waals surface area contributed by atoms with Crippen LogP contribution in [-0.2, 0) is 6.61 Å². The minimum atomic E-state index is 0.381. The molecule has 32 heavy (non-hydrogen) atoms. The molecule has 0 radical (unpaired) electrons. The lowest BCUT2D eigenvalue weighted by Crippen LogP contribution is -1.97. The molecule has 0 saturated heterocycles. The highest BCUT2D eigenvalue weighted by Gasteiger charge is 2.12. The molecule has 0 aliphatic carbocycles. The largest absolute Gasteiger partial charge is 0.497 e. The summed E-state index contributed by atoms with van der Waals surface area (Å²) in [5.74, 6) is 1.73. The summed E-state index contributed by atoms with van der Waals surface area (Å²) in [6.07, 6.45) is 1.73. The summed E-state index contributed by atoms with van der Waals surface area (Å²) in [7, 11) is 1.60. The molecule has 0 aliphatic rings. The maximum Gasteiger partial charge on any atom is 0.152 e. The van der Waals surface area contributed by atoms with Crippen molar-refractivity contribution in [3.8, 4) is 17.6 Å². The van der Waals surface area contributed by atoms with E-state index in [1.165, 1.54) is 0 Å². The van der Waals surface area contributed by atoms with E-state index < -0.39 is 0 Å². The Bertz CT molecular complexity index is 1340. The number of fused-ring (bicyclic) bond motifs is 1. The number of nitriles is 1. The van der Waals surface area contributed by atoms with Gasteiger partial charge in [0.15, 0.2) is 5.75 Å². The smallest absolute Gasteiger partial charge is 0.152 e. The minimum absolute atomic E-state index is 0.381. The SMILES string of the molecule is COc1ccc2nc(/C(C#N)=C\c3cc(Cl)c(OCc4ccc(Br)cc4)c(Br)c3)[nH]c2c1. The van der Waals surface area contributed by atoms with Crippen molar-refractivity contribution < 1.29 is 9.47 Å². The molecule has 1 aromatic heterocycles. The van der Waals surface area contributed by atoms with Crippen LogP contribution in [0.25, 0.3) is 22.7 Å². The average molecular weight is 574 g/mol. The minimum Gasteiger partial charge on any atom is -0.497 e. The number of hydrogen-bond acceptors (Lipinski definition) is 4. The van der Waals surface area contributed by atoms with Crippen LogP contribution in [0.2, 0.25) is 5.02 Å². The van der Waals surface area contributed by atoms with Crippen LogP contribution in [0.15, 0.2) is 63.5 Å². The maximum absolute atomic E-state index is 9.71. The van der Waals surface area contributed by atoms with E-state index in [1.807, 2.05) is 48.5 Å². The molecule has 160 valence electrons. The zero-order valence-electron chi connectivity index (χ0n) is 16.8. The van der Waals surface area contributed by atoms with E-state index in [4.69, 9.17) is 21.1 Å². The van der Waals surface area contributed by atoms with Crippen molar-refractivity contribution in [2.75, 3.05) is 7.11 Å². The highest BCUT2D eigenvalue weighted by Crippen LogP contribution is 2.36. The number of benzene rings is 3. The third kappa shape index (κ3) is 4.99. The zero-order valence-corrected chi connectivity index (χ0v) is 20.8. The van der Waals surface area contributed by atoms with Crippen LogP contribution in [0, 0.1) is 11.3 Å². The van der Waals surface area contributed by atoms with Gasteiger partial charge in [0, 0.05) is 10.5 Å². The Labute approximate surface area is 206 Å². The quantitative estimate of drug-likeness (QED) is 0.244. The first-order valence-corrected chi connectivity index (χ1v) is 11.5. The van der Waals surface area contributed by atoms with Gasteiger partial charge in [0.25, 0.3) is 0 Å². The normalized spacial score (nSPS) is 11.4. The molecule has 0 amide bonds. The van der Waals surface area contributed by atoms with Crippen molar-refractivity contribution in [3.05, 3.63) is 85.5 Å². The second-order valence-electron chi connectivity index (χ2n) is 6.87. The summed E-state index contributed by atoms with van der Waals surface area (Å²) in [5.41, 5.74) is 3.68. The first kappa shape index (κ1) is 22.4. The number of aromatic nitrogens is 2. The van der Waals surface area contributed by atoms with Gasteiger partial charge < -0.3 is 14.5 Å². The number of nitrogens with one attached hydrogen (secondary N) is 1. The second-order valence-corrected chi connectivity index (χ2v) is 9.04. The summed E-state index contributed by atoms with van der Waals surface area (Å²) < 4.78 is 12.9. The monoisotopic (exact) mass is 571 g/mol. The number of allylic oxidation sites excluding steroid dienone is 1. The number of H-pyrrole nitrogens is 1. The van der Waals surface area contributed by atoms with Crippen molar-refractivity contribution in [1.82, 2.24) is 9.97 Å². The molecule has 0 unspecified atom stereocenters. The Morgan fingerprint density at radius 2 is 1.94 bits per heavy atom. The lowest BCUT2D eigenvalue weighted by molar-refractivity contribution is 0.304. The van der Waals surface area contributed by atoms with E-state index in [1.54, 1.807) is 19.3 Å². The van der Waals surface area contributed by atoms with Gasteiger partial charge in [-0.25, -0.2) is 4.98 Å². The van der Waals surface area contributed by atoms with Crippen molar-refractivity contribution in [2.24, 2.45) is 0 Å². The van der Waals surface area contributed by atoms with Gasteiger partial charge in [-0.3, -0.25) is 0 Å². The van der Waals surface area contributed by atoms with E-state index >= 15 is 0 Å². The molecule has 0 aliphatic heterocycles. The molecule has 5 nitrogen and oxygen atoms in total. The third-order valence-corrected chi connectivity index (χ3v) is 6.09. The number of methoxy groups -OCH3 is 1. The predicted octanol–water partition coefficient (Wildman–Crippen LogP) is 7.39. The zero-order chi connectivity index (χ0) is 22.7. The van der Waals surface area contributed by atoms with Gasteiger partial charge in [-0.15, -0.1) is 0 Å². The van der Waals surface area contributed by atoms with E-state index in [0.717, 1.165) is 26.6 Å². The molecule has 0 saturated carbocycles. The topological polar surface area (TPSA) is 70.9 Å². The van der Waals surface area contributed by atoms with E-state index in [2.05, 4.69) is 47.9 Å². The third-order valence-electron chi connectivity index (χ3n) is 4.69. The van der Waals surface area contributed by atoms with Gasteiger partial charge in [0.05, 0.1) is 33.2 Å². The number of ether oxygens (including phenoxy) is 2. The number of aromatic amines is 1. The molecule has 8 heteroatoms. The van der Waals surface area contributed by atoms with Crippen LogP contribution >= 0.6 is 43.5 Å². The number of rotatable bonds is 6. The van der Waals surface area contributed by atoms with Crippen molar-refractivity contribution in [2.45, 2.75) is 6.61 Å². The van der Waals surface area contributed by atoms with Gasteiger partial charge >= 0.3 is 0 Å². The highest BCUT2D eigenvalue weighted by molar-refractivity contribution is 9.10. The Kier molecular flexibility index (Phi) is 6.85. The van der Waals surface area contributed by atoms with Gasteiger partial charge in [0.1, 0.15) is 24.3 Å². The maximum atomic E-state index is 9.71. The summed E-state index contributed by atoms with van der Waals surface area (Å²) in [5, 5.41) is 10.2. The number of nitrogens with zero attached hydrogens (tertiary/aromatic N) is 2. The molecule has 0 fully saturated rings. The standard InChI is InChI=1S/C24H16Br2ClN3O2/c1-31-18-6-7-21-22(11-18)30-24(29-21)16(12-28)8-15-9-19(26)23(20(27)10-15)32-13-14-2-4-17(25)5-3-14/h2-11H,13H2,1H3,(H,29,30)/b16-8-. The lowest BCUT2D eigenvalue weighted by atomic mass is 10.1. The molecule has 0 bridgehead atoms. The first-order valence-electron chi connectivity index (χ1n) is 9.49. The van der Waals surface area contributed by atoms with Crippen LogP contribution in [0.5, 0.6) is 11.5 Å². The van der Waals surface area contributed by atoms with E-state index in [0.29, 0.717) is 39.0 Å². The lowest BCUT2D eigenvalue weighted by Gasteiger charge is -2.11. The highest BCUT2D eigenvalue weighted by atomic mass is 79.9. The van der Waals surface area contributed by atoms with Crippen LogP contribution in [0.4, 0.5) is 0 Å². The van der Waals surface area contributed by atoms with Gasteiger partial charge in [0.2, 0.25) is 0 Å². The summed E-state index contributed by atoms with van der Waals surface area (Å²) in [6, 6.07) is 19.2. The molecule has 3 aromatic carbocycles. The van der Waals surface area contributed by atoms with Crippen LogP contribution < -0.4 is 9.47 Å². The Balaban J connectivity index is 1.60. The Morgan fingerprint density at radius 3 is 2.62 bits per heavy atom. The summed E-state index contributed by atoms with van der Waals surface area (Å²) >= 11 is 13.4.